The molecule has 0 spiro atoms. The van der Waals surface area contributed by atoms with Gasteiger partial charge < -0.3 is 20.3 Å². The van der Waals surface area contributed by atoms with E-state index < -0.39 is 0 Å². The second kappa shape index (κ2) is 13.7. The van der Waals surface area contributed by atoms with Crippen LogP contribution in [0.2, 0.25) is 10.0 Å². The maximum Gasteiger partial charge on any atom is 0.255 e. The third kappa shape index (κ3) is 7.73. The molecule has 2 amide bonds. The average molecular weight is 555 g/mol. The van der Waals surface area contributed by atoms with Crippen molar-refractivity contribution in [3.63, 3.8) is 0 Å². The highest BCUT2D eigenvalue weighted by Crippen LogP contribution is 2.33. The van der Waals surface area contributed by atoms with Gasteiger partial charge in [-0.15, -0.1) is 0 Å². The third-order valence-corrected chi connectivity index (χ3v) is 7.48. The summed E-state index contributed by atoms with van der Waals surface area (Å²) in [6.45, 7) is 3.81. The molecule has 4 rings (SSSR count). The first-order valence-corrected chi connectivity index (χ1v) is 13.7. The molecule has 1 aliphatic heterocycles. The van der Waals surface area contributed by atoms with Crippen LogP contribution in [0.5, 0.6) is 5.75 Å². The molecule has 1 saturated heterocycles. The molecule has 38 heavy (non-hydrogen) atoms. The van der Waals surface area contributed by atoms with Crippen molar-refractivity contribution in [3.8, 4) is 5.75 Å². The number of piperidine rings is 1. The molecule has 1 aliphatic rings. The van der Waals surface area contributed by atoms with Crippen LogP contribution in [0, 0.1) is 0 Å². The van der Waals surface area contributed by atoms with E-state index in [2.05, 4.69) is 21.6 Å². The molecule has 0 saturated carbocycles. The molecule has 200 valence electrons. The number of ether oxygens (including phenoxy) is 1. The number of amides is 2. The molecule has 8 heteroatoms. The maximum absolute atomic E-state index is 12.5. The predicted octanol–water partition coefficient (Wildman–Crippen LogP) is 6.64. The molecule has 0 bridgehead atoms. The van der Waals surface area contributed by atoms with Crippen LogP contribution >= 0.6 is 23.2 Å². The van der Waals surface area contributed by atoms with E-state index in [0.29, 0.717) is 39.3 Å². The minimum atomic E-state index is -0.228. The van der Waals surface area contributed by atoms with Gasteiger partial charge in [0, 0.05) is 28.4 Å². The van der Waals surface area contributed by atoms with Gasteiger partial charge in [-0.05, 0) is 117 Å². The molecule has 2 N–H and O–H groups in total. The normalized spacial score (nSPS) is 14.2. The van der Waals surface area contributed by atoms with E-state index in [-0.39, 0.29) is 11.8 Å². The van der Waals surface area contributed by atoms with Crippen molar-refractivity contribution in [2.75, 3.05) is 38.6 Å². The lowest BCUT2D eigenvalue weighted by atomic mass is 9.89. The van der Waals surface area contributed by atoms with Gasteiger partial charge in [0.1, 0.15) is 5.75 Å². The number of unbranched alkanes of at least 4 members (excludes halogenated alkanes) is 1. The van der Waals surface area contributed by atoms with Crippen molar-refractivity contribution >= 4 is 40.7 Å². The number of methoxy groups -OCH3 is 1. The minimum Gasteiger partial charge on any atom is -0.495 e. The van der Waals surface area contributed by atoms with Crippen LogP contribution in [0.3, 0.4) is 0 Å². The van der Waals surface area contributed by atoms with Crippen LogP contribution in [0.4, 0.5) is 5.69 Å². The van der Waals surface area contributed by atoms with Crippen LogP contribution in [-0.2, 0) is 0 Å². The van der Waals surface area contributed by atoms with Crippen molar-refractivity contribution in [1.82, 2.24) is 10.2 Å². The van der Waals surface area contributed by atoms with Crippen LogP contribution in [0.15, 0.2) is 66.7 Å². The van der Waals surface area contributed by atoms with Gasteiger partial charge in [0.05, 0.1) is 12.1 Å². The lowest BCUT2D eigenvalue weighted by Crippen LogP contribution is -2.34. The van der Waals surface area contributed by atoms with E-state index in [1.54, 1.807) is 55.6 Å². The van der Waals surface area contributed by atoms with Gasteiger partial charge in [0.15, 0.2) is 0 Å². The van der Waals surface area contributed by atoms with Crippen LogP contribution < -0.4 is 15.4 Å². The van der Waals surface area contributed by atoms with Crippen molar-refractivity contribution in [3.05, 3.63) is 93.5 Å². The average Bonchev–Trinajstić information content (AvgIpc) is 2.94. The number of carbonyl (C=O) groups is 2. The van der Waals surface area contributed by atoms with Crippen LogP contribution in [0.25, 0.3) is 0 Å². The SMILES string of the molecule is COc1ccc(C2CCN(CCCCNC(=O)c3ccc(NC(=O)c4ccc(Cl)cc4)cc3)CC2)cc1Cl. The summed E-state index contributed by atoms with van der Waals surface area (Å²) in [4.78, 5) is 27.3. The zero-order valence-electron chi connectivity index (χ0n) is 21.5. The van der Waals surface area contributed by atoms with Crippen LogP contribution in [0.1, 0.15) is 57.9 Å². The number of anilines is 1. The third-order valence-electron chi connectivity index (χ3n) is 6.93. The van der Waals surface area contributed by atoms with Crippen molar-refractivity contribution < 1.29 is 14.3 Å². The Labute approximate surface area is 234 Å². The highest BCUT2D eigenvalue weighted by atomic mass is 35.5. The van der Waals surface area contributed by atoms with E-state index in [0.717, 1.165) is 51.1 Å². The summed E-state index contributed by atoms with van der Waals surface area (Å²) in [5, 5.41) is 7.07. The highest BCUT2D eigenvalue weighted by Gasteiger charge is 2.21. The number of hydrogen-bond donors (Lipinski definition) is 2. The fraction of sp³-hybridized carbons (Fsp3) is 0.333. The lowest BCUT2D eigenvalue weighted by Gasteiger charge is -2.32. The monoisotopic (exact) mass is 553 g/mol. The first kappa shape index (κ1) is 28.0. The van der Waals surface area contributed by atoms with Gasteiger partial charge in [-0.2, -0.15) is 0 Å². The topological polar surface area (TPSA) is 70.7 Å². The van der Waals surface area contributed by atoms with Gasteiger partial charge in [-0.25, -0.2) is 0 Å². The summed E-state index contributed by atoms with van der Waals surface area (Å²) < 4.78 is 5.26. The Morgan fingerprint density at radius 1 is 0.895 bits per heavy atom. The summed E-state index contributed by atoms with van der Waals surface area (Å²) >= 11 is 12.2. The summed E-state index contributed by atoms with van der Waals surface area (Å²) in [6, 6.07) is 19.7. The smallest absolute Gasteiger partial charge is 0.255 e. The molecule has 3 aromatic carbocycles. The standard InChI is InChI=1S/C30H33Cl2N3O3/c1-38-28-13-8-24(20-27(28)32)21-14-18-35(19-15-21)17-3-2-16-33-29(36)22-6-11-26(12-7-22)34-30(37)23-4-9-25(31)10-5-23/h4-13,20-21H,2-3,14-19H2,1H3,(H,33,36)(H,34,37). The summed E-state index contributed by atoms with van der Waals surface area (Å²) in [5.74, 6) is 0.912. The second-order valence-electron chi connectivity index (χ2n) is 9.51. The fourth-order valence-electron chi connectivity index (χ4n) is 4.70. The molecule has 1 heterocycles. The molecule has 3 aromatic rings. The number of likely N-dealkylation sites (tertiary alicyclic amines) is 1. The van der Waals surface area contributed by atoms with Crippen molar-refractivity contribution in [1.29, 1.82) is 0 Å². The van der Waals surface area contributed by atoms with E-state index in [9.17, 15) is 9.59 Å². The first-order valence-electron chi connectivity index (χ1n) is 12.9. The van der Waals surface area contributed by atoms with Crippen molar-refractivity contribution in [2.45, 2.75) is 31.6 Å². The maximum atomic E-state index is 12.5. The summed E-state index contributed by atoms with van der Waals surface area (Å²) in [6.07, 6.45) is 4.20. The number of rotatable bonds is 10. The Bertz CT molecular complexity index is 1220. The second-order valence-corrected chi connectivity index (χ2v) is 10.4. The zero-order chi connectivity index (χ0) is 26.9. The number of benzene rings is 3. The number of nitrogens with one attached hydrogen (secondary N) is 2. The molecule has 6 nitrogen and oxygen atoms in total. The Hall–Kier alpha value is -3.06. The largest absolute Gasteiger partial charge is 0.495 e. The number of nitrogens with zero attached hydrogens (tertiary/aromatic N) is 1. The molecule has 0 unspecified atom stereocenters. The molecular formula is C30H33Cl2N3O3. The molecule has 0 radical (unpaired) electrons. The lowest BCUT2D eigenvalue weighted by molar-refractivity contribution is 0.0951. The quantitative estimate of drug-likeness (QED) is 0.276. The zero-order valence-corrected chi connectivity index (χ0v) is 23.0. The Balaban J connectivity index is 1.12. The highest BCUT2D eigenvalue weighted by molar-refractivity contribution is 6.32. The van der Waals surface area contributed by atoms with Gasteiger partial charge >= 0.3 is 0 Å². The van der Waals surface area contributed by atoms with Gasteiger partial charge in [-0.1, -0.05) is 29.3 Å². The Morgan fingerprint density at radius 3 is 2.21 bits per heavy atom. The Kier molecular flexibility index (Phi) is 10.0. The molecule has 0 aromatic heterocycles. The first-order chi connectivity index (χ1) is 18.4. The van der Waals surface area contributed by atoms with E-state index in [1.807, 2.05) is 12.1 Å². The van der Waals surface area contributed by atoms with E-state index in [1.165, 1.54) is 5.56 Å². The fourth-order valence-corrected chi connectivity index (χ4v) is 5.09. The predicted molar refractivity (Wildman–Crippen MR) is 154 cm³/mol. The number of carbonyl (C=O) groups excluding carboxylic acids is 2. The number of hydrogen-bond acceptors (Lipinski definition) is 4. The molecule has 1 fully saturated rings. The Morgan fingerprint density at radius 2 is 1.55 bits per heavy atom. The number of halogens is 2. The van der Waals surface area contributed by atoms with E-state index >= 15 is 0 Å². The molecule has 0 aliphatic carbocycles. The van der Waals surface area contributed by atoms with Crippen LogP contribution in [-0.4, -0.2) is 50.0 Å². The van der Waals surface area contributed by atoms with Gasteiger partial charge in [0.2, 0.25) is 0 Å². The molecular weight excluding hydrogens is 521 g/mol. The van der Waals surface area contributed by atoms with Crippen molar-refractivity contribution in [2.24, 2.45) is 0 Å². The molecule has 0 atom stereocenters. The minimum absolute atomic E-state index is 0.112. The summed E-state index contributed by atoms with van der Waals surface area (Å²) in [7, 11) is 1.63. The summed E-state index contributed by atoms with van der Waals surface area (Å²) in [5.41, 5.74) is 2.99. The van der Waals surface area contributed by atoms with Gasteiger partial charge in [-0.3, -0.25) is 9.59 Å². The van der Waals surface area contributed by atoms with E-state index in [4.69, 9.17) is 27.9 Å². The van der Waals surface area contributed by atoms with Gasteiger partial charge in [0.25, 0.3) is 11.8 Å².